The fourth-order valence-electron chi connectivity index (χ4n) is 2.35. The molecule has 0 aromatic rings. The Morgan fingerprint density at radius 2 is 2.31 bits per heavy atom. The van der Waals surface area contributed by atoms with Gasteiger partial charge in [-0.3, -0.25) is 4.79 Å². The Bertz CT molecular complexity index is 246. The molecule has 0 spiro atoms. The highest BCUT2D eigenvalue weighted by atomic mass is 16.4. The van der Waals surface area contributed by atoms with Gasteiger partial charge < -0.3 is 20.2 Å². The lowest BCUT2D eigenvalue weighted by Gasteiger charge is -2.48. The van der Waals surface area contributed by atoms with E-state index in [9.17, 15) is 14.8 Å². The van der Waals surface area contributed by atoms with Crippen molar-refractivity contribution in [1.82, 2.24) is 10.1 Å². The third-order valence-electron chi connectivity index (χ3n) is 2.98. The summed E-state index contributed by atoms with van der Waals surface area (Å²) in [5, 5.41) is 21.9. The number of rotatable bonds is 0. The number of carbonyl (C=O) groups is 1. The largest absolute Gasteiger partial charge is 0.569 e. The number of fused-ring (bicyclic) bond motifs is 1. The molecule has 6 heteroatoms. The predicted molar refractivity (Wildman–Crippen MR) is 47.5 cm³/mol. The van der Waals surface area contributed by atoms with Crippen molar-refractivity contribution < 1.29 is 14.8 Å². The van der Waals surface area contributed by atoms with Crippen molar-refractivity contribution in [2.75, 3.05) is 6.54 Å². The lowest BCUT2D eigenvalue weighted by Crippen LogP contribution is -2.74. The Morgan fingerprint density at radius 1 is 1.62 bits per heavy atom. The van der Waals surface area contributed by atoms with Crippen molar-refractivity contribution in [3.05, 3.63) is 0 Å². The van der Waals surface area contributed by atoms with Crippen molar-refractivity contribution in [3.8, 4) is 0 Å². The average molecular weight is 185 g/mol. The topological polar surface area (TPSA) is 72.8 Å². The molecule has 74 valence electrons. The minimum Gasteiger partial charge on any atom is -0.569 e. The van der Waals surface area contributed by atoms with Crippen molar-refractivity contribution in [2.24, 2.45) is 0 Å². The standard InChI is InChI=1S/C7H14BN2O3/c1-5-7(11)10-4-2-3-6(10)8(12,13)9-5/h5-6,9,12-13H,2-4H2,1H3/q-1/t5-,6-/m0/s1. The Labute approximate surface area is 76.7 Å². The van der Waals surface area contributed by atoms with Gasteiger partial charge in [0.2, 0.25) is 5.91 Å². The van der Waals surface area contributed by atoms with E-state index in [4.69, 9.17) is 0 Å². The second-order valence-electron chi connectivity index (χ2n) is 3.97. The zero-order valence-corrected chi connectivity index (χ0v) is 7.60. The van der Waals surface area contributed by atoms with Crippen molar-refractivity contribution >= 4 is 12.6 Å². The number of nitrogens with zero attached hydrogens (tertiary/aromatic N) is 1. The van der Waals surface area contributed by atoms with Gasteiger partial charge >= 0.3 is 6.69 Å². The normalized spacial score (nSPS) is 37.8. The number of hydrogen-bond donors (Lipinski definition) is 3. The van der Waals surface area contributed by atoms with Crippen LogP contribution in [0.4, 0.5) is 0 Å². The molecule has 2 saturated heterocycles. The lowest BCUT2D eigenvalue weighted by molar-refractivity contribution is -0.134. The first-order valence-corrected chi connectivity index (χ1v) is 4.70. The van der Waals surface area contributed by atoms with Gasteiger partial charge in [0.25, 0.3) is 0 Å². The number of hydrogen-bond acceptors (Lipinski definition) is 4. The van der Waals surface area contributed by atoms with Crippen LogP contribution in [0.15, 0.2) is 0 Å². The van der Waals surface area contributed by atoms with Gasteiger partial charge in [0, 0.05) is 6.54 Å². The third kappa shape index (κ3) is 1.25. The molecule has 0 radical (unpaired) electrons. The first-order chi connectivity index (χ1) is 6.02. The van der Waals surface area contributed by atoms with Crippen LogP contribution in [0.5, 0.6) is 0 Å². The fraction of sp³-hybridized carbons (Fsp3) is 0.857. The molecule has 2 atom stereocenters. The van der Waals surface area contributed by atoms with Crippen LogP contribution in [0.1, 0.15) is 19.8 Å². The average Bonchev–Trinajstić information content (AvgIpc) is 2.48. The summed E-state index contributed by atoms with van der Waals surface area (Å²) in [6.45, 7) is -0.263. The molecule has 0 aromatic heterocycles. The molecular formula is C7H14BN2O3-. The lowest BCUT2D eigenvalue weighted by atomic mass is 9.60. The molecule has 2 fully saturated rings. The zero-order chi connectivity index (χ0) is 9.64. The maximum atomic E-state index is 11.5. The van der Waals surface area contributed by atoms with Gasteiger partial charge in [0.05, 0.1) is 6.04 Å². The highest BCUT2D eigenvalue weighted by Gasteiger charge is 2.46. The predicted octanol–water partition coefficient (Wildman–Crippen LogP) is -1.57. The summed E-state index contributed by atoms with van der Waals surface area (Å²) in [6.07, 6.45) is 1.54. The highest BCUT2D eigenvalue weighted by molar-refractivity contribution is 6.65. The Balaban J connectivity index is 2.26. The van der Waals surface area contributed by atoms with Crippen LogP contribution < -0.4 is 5.23 Å². The van der Waals surface area contributed by atoms with E-state index in [1.807, 2.05) is 0 Å². The second kappa shape index (κ2) is 2.70. The Kier molecular flexibility index (Phi) is 1.87. The van der Waals surface area contributed by atoms with E-state index in [0.717, 1.165) is 6.42 Å². The summed E-state index contributed by atoms with van der Waals surface area (Å²) >= 11 is 0. The molecule has 3 N–H and O–H groups in total. The van der Waals surface area contributed by atoms with E-state index in [2.05, 4.69) is 5.23 Å². The van der Waals surface area contributed by atoms with E-state index in [0.29, 0.717) is 13.0 Å². The van der Waals surface area contributed by atoms with E-state index >= 15 is 0 Å². The van der Waals surface area contributed by atoms with Gasteiger partial charge in [0.1, 0.15) is 0 Å². The molecule has 0 aromatic carbocycles. The number of nitrogens with one attached hydrogen (secondary N) is 1. The monoisotopic (exact) mass is 185 g/mol. The smallest absolute Gasteiger partial charge is 0.332 e. The molecule has 1 amide bonds. The van der Waals surface area contributed by atoms with Crippen LogP contribution in [0.25, 0.3) is 0 Å². The molecule has 2 heterocycles. The van der Waals surface area contributed by atoms with Crippen LogP contribution in [-0.4, -0.2) is 46.1 Å². The van der Waals surface area contributed by atoms with Crippen LogP contribution in [0, 0.1) is 0 Å². The van der Waals surface area contributed by atoms with Gasteiger partial charge in [-0.15, -0.1) is 0 Å². The van der Waals surface area contributed by atoms with Gasteiger partial charge in [0.15, 0.2) is 0 Å². The summed E-state index contributed by atoms with van der Waals surface area (Å²) in [7, 11) is 0. The van der Waals surface area contributed by atoms with Crippen molar-refractivity contribution in [3.63, 3.8) is 0 Å². The van der Waals surface area contributed by atoms with Crippen molar-refractivity contribution in [2.45, 2.75) is 31.7 Å². The second-order valence-corrected chi connectivity index (χ2v) is 3.97. The summed E-state index contributed by atoms with van der Waals surface area (Å²) in [5.74, 6) is -0.438. The minimum absolute atomic E-state index is 0.0249. The maximum absolute atomic E-state index is 11.5. The molecular weight excluding hydrogens is 171 g/mol. The maximum Gasteiger partial charge on any atom is 0.332 e. The van der Waals surface area contributed by atoms with Gasteiger partial charge in [-0.1, -0.05) is 6.42 Å². The highest BCUT2D eigenvalue weighted by Crippen LogP contribution is 2.26. The summed E-state index contributed by atoms with van der Waals surface area (Å²) in [4.78, 5) is 13.1. The van der Waals surface area contributed by atoms with E-state index in [1.165, 1.54) is 0 Å². The molecule has 0 unspecified atom stereocenters. The molecule has 0 aliphatic carbocycles. The van der Waals surface area contributed by atoms with E-state index in [1.54, 1.807) is 11.8 Å². The molecule has 2 rings (SSSR count). The Hall–Kier alpha value is -0.585. The minimum atomic E-state index is -2.57. The third-order valence-corrected chi connectivity index (χ3v) is 2.98. The van der Waals surface area contributed by atoms with Gasteiger partial charge in [-0.05, 0) is 19.3 Å². The molecule has 2 aliphatic rings. The number of amides is 1. The molecule has 0 saturated carbocycles. The molecule has 13 heavy (non-hydrogen) atoms. The number of carbonyl (C=O) groups excluding carboxylic acids is 1. The molecule has 0 bridgehead atoms. The Morgan fingerprint density at radius 3 is 3.00 bits per heavy atom. The summed E-state index contributed by atoms with van der Waals surface area (Å²) in [5.41, 5.74) is 0. The first-order valence-electron chi connectivity index (χ1n) is 4.70. The van der Waals surface area contributed by atoms with Crippen LogP contribution in [0.2, 0.25) is 0 Å². The van der Waals surface area contributed by atoms with Gasteiger partial charge in [-0.25, -0.2) is 0 Å². The SMILES string of the molecule is C[C@@H]1N[B-](O)(O)[C@@H]2CCCN2C1=O. The van der Waals surface area contributed by atoms with Crippen molar-refractivity contribution in [1.29, 1.82) is 0 Å². The van der Waals surface area contributed by atoms with Gasteiger partial charge in [-0.2, -0.15) is 0 Å². The van der Waals surface area contributed by atoms with E-state index < -0.39 is 18.7 Å². The fourth-order valence-corrected chi connectivity index (χ4v) is 2.35. The van der Waals surface area contributed by atoms with Crippen LogP contribution in [-0.2, 0) is 4.79 Å². The first kappa shape index (κ1) is 8.99. The van der Waals surface area contributed by atoms with Crippen LogP contribution in [0.3, 0.4) is 0 Å². The summed E-state index contributed by atoms with van der Waals surface area (Å²) in [6, 6.07) is -0.482. The quantitative estimate of drug-likeness (QED) is 0.399. The molecule has 2 aliphatic heterocycles. The van der Waals surface area contributed by atoms with E-state index in [-0.39, 0.29) is 5.91 Å². The zero-order valence-electron chi connectivity index (χ0n) is 7.60. The summed E-state index contributed by atoms with van der Waals surface area (Å²) < 4.78 is 0. The molecule has 5 nitrogen and oxygen atoms in total. The van der Waals surface area contributed by atoms with Crippen LogP contribution >= 0.6 is 0 Å².